The van der Waals surface area contributed by atoms with Gasteiger partial charge in [-0.25, -0.2) is 0 Å². The van der Waals surface area contributed by atoms with Crippen molar-refractivity contribution in [3.63, 3.8) is 0 Å². The van der Waals surface area contributed by atoms with Crippen molar-refractivity contribution in [1.82, 2.24) is 9.47 Å². The van der Waals surface area contributed by atoms with Crippen LogP contribution in [-0.2, 0) is 17.9 Å². The van der Waals surface area contributed by atoms with Gasteiger partial charge >= 0.3 is 0 Å². The molecule has 2 heterocycles. The van der Waals surface area contributed by atoms with Crippen molar-refractivity contribution in [2.45, 2.75) is 20.0 Å². The quantitative estimate of drug-likeness (QED) is 0.262. The molecule has 34 heavy (non-hydrogen) atoms. The number of halogens is 2. The maximum absolute atomic E-state index is 13.1. The molecule has 170 valence electrons. The van der Waals surface area contributed by atoms with Crippen LogP contribution in [-0.4, -0.2) is 20.6 Å². The highest BCUT2D eigenvalue weighted by molar-refractivity contribution is 8.18. The topological polar surface area (TPSA) is 42.3 Å². The highest BCUT2D eigenvalue weighted by atomic mass is 35.5. The molecule has 5 rings (SSSR count). The number of imide groups is 1. The molecule has 0 saturated carbocycles. The van der Waals surface area contributed by atoms with Crippen LogP contribution in [0.25, 0.3) is 17.0 Å². The molecule has 7 heteroatoms. The molecule has 1 aliphatic heterocycles. The van der Waals surface area contributed by atoms with E-state index < -0.39 is 0 Å². The lowest BCUT2D eigenvalue weighted by molar-refractivity contribution is -0.123. The first-order valence-electron chi connectivity index (χ1n) is 10.7. The second-order valence-corrected chi connectivity index (χ2v) is 10.1. The molecule has 2 amide bonds. The molecule has 1 aliphatic rings. The number of hydrogen-bond donors (Lipinski definition) is 0. The van der Waals surface area contributed by atoms with Gasteiger partial charge in [-0.15, -0.1) is 0 Å². The zero-order chi connectivity index (χ0) is 23.8. The summed E-state index contributed by atoms with van der Waals surface area (Å²) in [5.41, 5.74) is 4.85. The predicted octanol–water partition coefficient (Wildman–Crippen LogP) is 7.54. The van der Waals surface area contributed by atoms with Crippen molar-refractivity contribution in [3.8, 4) is 0 Å². The van der Waals surface area contributed by atoms with Crippen LogP contribution in [0.15, 0.2) is 77.8 Å². The number of thioether (sulfide) groups is 1. The molecule has 3 aromatic carbocycles. The van der Waals surface area contributed by atoms with Crippen LogP contribution in [0.1, 0.15) is 22.3 Å². The molecule has 1 fully saturated rings. The van der Waals surface area contributed by atoms with E-state index in [-0.39, 0.29) is 17.7 Å². The molecule has 0 unspecified atom stereocenters. The Morgan fingerprint density at radius 2 is 1.76 bits per heavy atom. The van der Waals surface area contributed by atoms with Gasteiger partial charge in [-0.05, 0) is 54.1 Å². The Labute approximate surface area is 211 Å². The number of aryl methyl sites for hydroxylation is 1. The fraction of sp³-hybridized carbons (Fsp3) is 0.111. The Balaban J connectivity index is 1.47. The summed E-state index contributed by atoms with van der Waals surface area (Å²) in [5.74, 6) is -0.269. The van der Waals surface area contributed by atoms with Gasteiger partial charge in [-0.3, -0.25) is 14.5 Å². The lowest BCUT2D eigenvalue weighted by Crippen LogP contribution is -2.27. The van der Waals surface area contributed by atoms with E-state index in [9.17, 15) is 9.59 Å². The van der Waals surface area contributed by atoms with Crippen LogP contribution < -0.4 is 0 Å². The third-order valence-corrected chi connectivity index (χ3v) is 7.25. The molecular formula is C27H20Cl2N2O2S. The van der Waals surface area contributed by atoms with Crippen molar-refractivity contribution >= 4 is 63.1 Å². The molecule has 0 aliphatic carbocycles. The summed E-state index contributed by atoms with van der Waals surface area (Å²) < 4.78 is 2.09. The molecule has 1 saturated heterocycles. The molecule has 1 aromatic heterocycles. The average Bonchev–Trinajstić information content (AvgIpc) is 3.28. The second kappa shape index (κ2) is 9.34. The van der Waals surface area contributed by atoms with Crippen LogP contribution in [0, 0.1) is 6.92 Å². The lowest BCUT2D eigenvalue weighted by Gasteiger charge is -2.12. The standard InChI is InChI=1S/C27H20Cl2N2O2S/c1-17-5-4-6-18(11-17)14-31-26(32)25(34-27(31)33)12-20-16-30(24-8-3-2-7-22(20)24)15-19-9-10-21(28)13-23(19)29/h2-13,16H,14-15H2,1H3/b25-12-. The zero-order valence-corrected chi connectivity index (χ0v) is 20.6. The number of carbonyl (C=O) groups excluding carboxylic acids is 2. The number of hydrogen-bond acceptors (Lipinski definition) is 3. The Morgan fingerprint density at radius 3 is 2.56 bits per heavy atom. The third kappa shape index (κ3) is 4.51. The van der Waals surface area contributed by atoms with Crippen molar-refractivity contribution < 1.29 is 9.59 Å². The number of para-hydroxylation sites is 1. The Kier molecular flexibility index (Phi) is 6.26. The van der Waals surface area contributed by atoms with Gasteiger partial charge in [0.15, 0.2) is 0 Å². The maximum Gasteiger partial charge on any atom is 0.293 e. The van der Waals surface area contributed by atoms with Crippen LogP contribution in [0.3, 0.4) is 0 Å². The number of benzene rings is 3. The van der Waals surface area contributed by atoms with E-state index in [4.69, 9.17) is 23.2 Å². The van der Waals surface area contributed by atoms with Crippen LogP contribution in [0.5, 0.6) is 0 Å². The van der Waals surface area contributed by atoms with E-state index in [1.807, 2.05) is 79.9 Å². The van der Waals surface area contributed by atoms with Gasteiger partial charge in [0, 0.05) is 39.3 Å². The number of rotatable bonds is 5. The van der Waals surface area contributed by atoms with E-state index >= 15 is 0 Å². The fourth-order valence-electron chi connectivity index (χ4n) is 4.13. The van der Waals surface area contributed by atoms with Gasteiger partial charge in [-0.2, -0.15) is 0 Å². The van der Waals surface area contributed by atoms with Gasteiger partial charge in [0.05, 0.1) is 11.4 Å². The summed E-state index contributed by atoms with van der Waals surface area (Å²) in [6, 6.07) is 21.3. The molecule has 0 spiro atoms. The van der Waals surface area contributed by atoms with Crippen LogP contribution >= 0.6 is 35.0 Å². The molecule has 4 nitrogen and oxygen atoms in total. The Bertz CT molecular complexity index is 1470. The number of carbonyl (C=O) groups is 2. The number of nitrogens with zero attached hydrogens (tertiary/aromatic N) is 2. The fourth-order valence-corrected chi connectivity index (χ4v) is 5.42. The normalized spacial score (nSPS) is 15.1. The highest BCUT2D eigenvalue weighted by Crippen LogP contribution is 2.35. The largest absolute Gasteiger partial charge is 0.342 e. The van der Waals surface area contributed by atoms with E-state index in [1.165, 1.54) is 4.90 Å². The highest BCUT2D eigenvalue weighted by Gasteiger charge is 2.35. The molecule has 0 bridgehead atoms. The lowest BCUT2D eigenvalue weighted by atomic mass is 10.1. The van der Waals surface area contributed by atoms with Gasteiger partial charge in [0.25, 0.3) is 11.1 Å². The van der Waals surface area contributed by atoms with Crippen LogP contribution in [0.4, 0.5) is 4.79 Å². The minimum atomic E-state index is -0.269. The summed E-state index contributed by atoms with van der Waals surface area (Å²) in [6.07, 6.45) is 3.80. The first kappa shape index (κ1) is 22.8. The summed E-state index contributed by atoms with van der Waals surface area (Å²) in [4.78, 5) is 27.5. The molecule has 0 radical (unpaired) electrons. The van der Waals surface area contributed by atoms with Crippen molar-refractivity contribution in [2.24, 2.45) is 0 Å². The third-order valence-electron chi connectivity index (χ3n) is 5.76. The number of amides is 2. The SMILES string of the molecule is Cc1cccc(CN2C(=O)S/C(=C\c3cn(Cc4ccc(Cl)cc4Cl)c4ccccc34)C2=O)c1. The average molecular weight is 507 g/mol. The van der Waals surface area contributed by atoms with E-state index in [1.54, 1.807) is 6.07 Å². The molecule has 4 aromatic rings. The monoisotopic (exact) mass is 506 g/mol. The molecule has 0 atom stereocenters. The summed E-state index contributed by atoms with van der Waals surface area (Å²) >= 11 is 13.4. The minimum Gasteiger partial charge on any atom is -0.342 e. The number of fused-ring (bicyclic) bond motifs is 1. The molecular weight excluding hydrogens is 487 g/mol. The minimum absolute atomic E-state index is 0.255. The van der Waals surface area contributed by atoms with Crippen LogP contribution in [0.2, 0.25) is 10.0 Å². The predicted molar refractivity (Wildman–Crippen MR) is 140 cm³/mol. The summed E-state index contributed by atoms with van der Waals surface area (Å²) in [7, 11) is 0. The Morgan fingerprint density at radius 1 is 0.941 bits per heavy atom. The van der Waals surface area contributed by atoms with Gasteiger partial charge in [0.2, 0.25) is 0 Å². The van der Waals surface area contributed by atoms with Crippen molar-refractivity contribution in [2.75, 3.05) is 0 Å². The van der Waals surface area contributed by atoms with E-state index in [2.05, 4.69) is 4.57 Å². The smallest absolute Gasteiger partial charge is 0.293 e. The second-order valence-electron chi connectivity index (χ2n) is 8.22. The van der Waals surface area contributed by atoms with Crippen molar-refractivity contribution in [1.29, 1.82) is 0 Å². The van der Waals surface area contributed by atoms with Gasteiger partial charge < -0.3 is 4.57 Å². The van der Waals surface area contributed by atoms with Gasteiger partial charge in [-0.1, -0.05) is 77.3 Å². The summed E-state index contributed by atoms with van der Waals surface area (Å²) in [6.45, 7) is 2.81. The first-order valence-corrected chi connectivity index (χ1v) is 12.3. The van der Waals surface area contributed by atoms with Gasteiger partial charge in [0.1, 0.15) is 0 Å². The molecule has 0 N–H and O–H groups in total. The summed E-state index contributed by atoms with van der Waals surface area (Å²) in [5, 5.41) is 1.94. The van der Waals surface area contributed by atoms with E-state index in [0.717, 1.165) is 44.9 Å². The Hall–Kier alpha value is -2.99. The number of aromatic nitrogens is 1. The zero-order valence-electron chi connectivity index (χ0n) is 18.3. The first-order chi connectivity index (χ1) is 16.4. The maximum atomic E-state index is 13.1. The van der Waals surface area contributed by atoms with E-state index in [0.29, 0.717) is 21.5 Å². The van der Waals surface area contributed by atoms with Crippen molar-refractivity contribution in [3.05, 3.63) is 110 Å².